The van der Waals surface area contributed by atoms with Crippen molar-refractivity contribution < 1.29 is 14.6 Å². The van der Waals surface area contributed by atoms with Crippen molar-refractivity contribution >= 4 is 5.91 Å². The number of aromatic hydroxyl groups is 1. The molecular formula is C12H18N2O3. The summed E-state index contributed by atoms with van der Waals surface area (Å²) in [5, 5.41) is 12.3. The van der Waals surface area contributed by atoms with E-state index in [1.165, 1.54) is 6.07 Å². The van der Waals surface area contributed by atoms with Crippen LogP contribution in [-0.2, 0) is 4.74 Å². The molecule has 0 aliphatic heterocycles. The SMILES string of the molecule is COCCC(CN)NC(=O)c1ccccc1O. The molecule has 0 heterocycles. The van der Waals surface area contributed by atoms with Crippen LogP contribution in [-0.4, -0.2) is 37.3 Å². The fourth-order valence-corrected chi connectivity index (χ4v) is 1.44. The molecule has 0 spiro atoms. The zero-order chi connectivity index (χ0) is 12.7. The van der Waals surface area contributed by atoms with E-state index in [1.807, 2.05) is 0 Å². The first-order chi connectivity index (χ1) is 8.19. The Hall–Kier alpha value is -1.59. The van der Waals surface area contributed by atoms with Crippen LogP contribution in [0.1, 0.15) is 16.8 Å². The van der Waals surface area contributed by atoms with Gasteiger partial charge in [0.25, 0.3) is 5.91 Å². The Balaban J connectivity index is 2.61. The number of nitrogens with one attached hydrogen (secondary N) is 1. The highest BCUT2D eigenvalue weighted by atomic mass is 16.5. The lowest BCUT2D eigenvalue weighted by molar-refractivity contribution is 0.0924. The average molecular weight is 238 g/mol. The third-order valence-corrected chi connectivity index (χ3v) is 2.44. The first-order valence-electron chi connectivity index (χ1n) is 5.47. The minimum Gasteiger partial charge on any atom is -0.507 e. The van der Waals surface area contributed by atoms with Gasteiger partial charge in [0.15, 0.2) is 0 Å². The lowest BCUT2D eigenvalue weighted by atomic mass is 10.1. The van der Waals surface area contributed by atoms with Crippen molar-refractivity contribution in [3.63, 3.8) is 0 Å². The molecule has 94 valence electrons. The van der Waals surface area contributed by atoms with Crippen LogP contribution >= 0.6 is 0 Å². The molecule has 0 saturated heterocycles. The first-order valence-corrected chi connectivity index (χ1v) is 5.47. The summed E-state index contributed by atoms with van der Waals surface area (Å²) in [4.78, 5) is 11.8. The molecular weight excluding hydrogens is 220 g/mol. The maximum Gasteiger partial charge on any atom is 0.255 e. The molecule has 5 nitrogen and oxygen atoms in total. The fraction of sp³-hybridized carbons (Fsp3) is 0.417. The molecule has 0 saturated carbocycles. The number of ether oxygens (including phenoxy) is 1. The van der Waals surface area contributed by atoms with E-state index in [0.29, 0.717) is 19.6 Å². The van der Waals surface area contributed by atoms with E-state index < -0.39 is 0 Å². The molecule has 0 aliphatic rings. The van der Waals surface area contributed by atoms with Gasteiger partial charge in [-0.15, -0.1) is 0 Å². The molecule has 5 heteroatoms. The molecule has 1 atom stereocenters. The molecule has 0 bridgehead atoms. The van der Waals surface area contributed by atoms with E-state index in [0.717, 1.165) is 0 Å². The summed E-state index contributed by atoms with van der Waals surface area (Å²) < 4.78 is 4.93. The zero-order valence-corrected chi connectivity index (χ0v) is 9.85. The Morgan fingerprint density at radius 3 is 2.82 bits per heavy atom. The van der Waals surface area contributed by atoms with Crippen LogP contribution in [0.3, 0.4) is 0 Å². The van der Waals surface area contributed by atoms with Crippen molar-refractivity contribution in [2.75, 3.05) is 20.3 Å². The number of hydrogen-bond acceptors (Lipinski definition) is 4. The van der Waals surface area contributed by atoms with Gasteiger partial charge in [-0.2, -0.15) is 0 Å². The predicted molar refractivity (Wildman–Crippen MR) is 64.9 cm³/mol. The summed E-state index contributed by atoms with van der Waals surface area (Å²) in [6.45, 7) is 0.867. The monoisotopic (exact) mass is 238 g/mol. The second kappa shape index (κ2) is 6.88. The number of benzene rings is 1. The van der Waals surface area contributed by atoms with Gasteiger partial charge in [-0.05, 0) is 18.6 Å². The van der Waals surface area contributed by atoms with Gasteiger partial charge in [0.05, 0.1) is 5.56 Å². The maximum absolute atomic E-state index is 11.8. The molecule has 0 fully saturated rings. The van der Waals surface area contributed by atoms with Gasteiger partial charge >= 0.3 is 0 Å². The smallest absolute Gasteiger partial charge is 0.255 e. The largest absolute Gasteiger partial charge is 0.507 e. The van der Waals surface area contributed by atoms with Crippen LogP contribution in [0, 0.1) is 0 Å². The van der Waals surface area contributed by atoms with E-state index in [2.05, 4.69) is 5.32 Å². The van der Waals surface area contributed by atoms with Gasteiger partial charge in [-0.3, -0.25) is 4.79 Å². The summed E-state index contributed by atoms with van der Waals surface area (Å²) >= 11 is 0. The number of amides is 1. The molecule has 1 unspecified atom stereocenters. The number of phenols is 1. The third kappa shape index (κ3) is 4.05. The Morgan fingerprint density at radius 1 is 1.53 bits per heavy atom. The number of phenolic OH excluding ortho intramolecular Hbond substituents is 1. The Morgan fingerprint density at radius 2 is 2.24 bits per heavy atom. The maximum atomic E-state index is 11.8. The van der Waals surface area contributed by atoms with Gasteiger partial charge < -0.3 is 20.9 Å². The van der Waals surface area contributed by atoms with E-state index in [1.54, 1.807) is 25.3 Å². The topological polar surface area (TPSA) is 84.6 Å². The van der Waals surface area contributed by atoms with Crippen LogP contribution in [0.4, 0.5) is 0 Å². The van der Waals surface area contributed by atoms with Gasteiger partial charge in [0.1, 0.15) is 5.75 Å². The lowest BCUT2D eigenvalue weighted by Gasteiger charge is -2.16. The fourth-order valence-electron chi connectivity index (χ4n) is 1.44. The van der Waals surface area contributed by atoms with Crippen molar-refractivity contribution in [1.29, 1.82) is 0 Å². The van der Waals surface area contributed by atoms with Crippen molar-refractivity contribution in [1.82, 2.24) is 5.32 Å². The average Bonchev–Trinajstić information content (AvgIpc) is 2.34. The predicted octanol–water partition coefficient (Wildman–Crippen LogP) is 0.486. The van der Waals surface area contributed by atoms with Gasteiger partial charge in [-0.25, -0.2) is 0 Å². The van der Waals surface area contributed by atoms with Crippen LogP contribution in [0.15, 0.2) is 24.3 Å². The van der Waals surface area contributed by atoms with Crippen molar-refractivity contribution in [2.24, 2.45) is 5.73 Å². The molecule has 1 amide bonds. The van der Waals surface area contributed by atoms with Crippen molar-refractivity contribution in [3.05, 3.63) is 29.8 Å². The van der Waals surface area contributed by atoms with Crippen molar-refractivity contribution in [2.45, 2.75) is 12.5 Å². The highest BCUT2D eigenvalue weighted by Crippen LogP contribution is 2.15. The Kier molecular flexibility index (Phi) is 5.45. The quantitative estimate of drug-likeness (QED) is 0.673. The minimum atomic E-state index is -0.324. The first kappa shape index (κ1) is 13.5. The lowest BCUT2D eigenvalue weighted by Crippen LogP contribution is -2.40. The highest BCUT2D eigenvalue weighted by molar-refractivity contribution is 5.96. The molecule has 0 aromatic heterocycles. The van der Waals surface area contributed by atoms with Gasteiger partial charge in [0, 0.05) is 26.3 Å². The van der Waals surface area contributed by atoms with Crippen molar-refractivity contribution in [3.8, 4) is 5.75 Å². The molecule has 1 aromatic rings. The number of nitrogens with two attached hydrogens (primary N) is 1. The van der Waals surface area contributed by atoms with E-state index in [4.69, 9.17) is 10.5 Å². The van der Waals surface area contributed by atoms with Crippen LogP contribution < -0.4 is 11.1 Å². The number of carbonyl (C=O) groups is 1. The second-order valence-corrected chi connectivity index (χ2v) is 3.70. The molecule has 1 aromatic carbocycles. The van der Waals surface area contributed by atoms with Gasteiger partial charge in [0.2, 0.25) is 0 Å². The van der Waals surface area contributed by atoms with Crippen LogP contribution in [0.2, 0.25) is 0 Å². The van der Waals surface area contributed by atoms with Crippen LogP contribution in [0.25, 0.3) is 0 Å². The molecule has 4 N–H and O–H groups in total. The second-order valence-electron chi connectivity index (χ2n) is 3.70. The summed E-state index contributed by atoms with van der Waals surface area (Å²) in [7, 11) is 1.60. The summed E-state index contributed by atoms with van der Waals surface area (Å²) in [5.41, 5.74) is 5.80. The summed E-state index contributed by atoms with van der Waals surface area (Å²) in [6, 6.07) is 6.25. The number of methoxy groups -OCH3 is 1. The zero-order valence-electron chi connectivity index (χ0n) is 9.85. The number of hydrogen-bond donors (Lipinski definition) is 3. The number of carbonyl (C=O) groups excluding carboxylic acids is 1. The normalized spacial score (nSPS) is 12.1. The number of rotatable bonds is 6. The van der Waals surface area contributed by atoms with Gasteiger partial charge in [-0.1, -0.05) is 12.1 Å². The van der Waals surface area contributed by atoms with Crippen LogP contribution in [0.5, 0.6) is 5.75 Å². The summed E-state index contributed by atoms with van der Waals surface area (Å²) in [6.07, 6.45) is 0.645. The third-order valence-electron chi connectivity index (χ3n) is 2.44. The Labute approximate surface area is 101 Å². The van der Waals surface area contributed by atoms with E-state index in [-0.39, 0.29) is 23.3 Å². The molecule has 0 aliphatic carbocycles. The molecule has 0 radical (unpaired) electrons. The minimum absolute atomic E-state index is 0.0347. The standard InChI is InChI=1S/C12H18N2O3/c1-17-7-6-9(8-13)14-12(16)10-4-2-3-5-11(10)15/h2-5,9,15H,6-8,13H2,1H3,(H,14,16). The summed E-state index contributed by atoms with van der Waals surface area (Å²) in [5.74, 6) is -0.359. The number of para-hydroxylation sites is 1. The molecule has 17 heavy (non-hydrogen) atoms. The highest BCUT2D eigenvalue weighted by Gasteiger charge is 2.14. The molecule has 1 rings (SSSR count). The Bertz CT molecular complexity index is 369. The van der Waals surface area contributed by atoms with E-state index in [9.17, 15) is 9.90 Å². The van der Waals surface area contributed by atoms with E-state index >= 15 is 0 Å².